The molecule has 1 atom stereocenters. The zero-order chi connectivity index (χ0) is 8.97. The molecule has 4 N–H and O–H groups in total. The number of anilines is 1. The maximum Gasteiger partial charge on any atom is 0.260 e. The van der Waals surface area contributed by atoms with Crippen LogP contribution in [0.25, 0.3) is 0 Å². The first-order valence-electron chi connectivity index (χ1n) is 4.02. The van der Waals surface area contributed by atoms with Crippen LogP contribution >= 0.6 is 0 Å². The highest BCUT2D eigenvalue weighted by Gasteiger charge is 2.02. The summed E-state index contributed by atoms with van der Waals surface area (Å²) < 4.78 is 4.82. The fourth-order valence-corrected chi connectivity index (χ4v) is 0.945. The number of rotatable bonds is 4. The van der Waals surface area contributed by atoms with Gasteiger partial charge in [0.2, 0.25) is 5.89 Å². The van der Waals surface area contributed by atoms with E-state index in [4.69, 9.17) is 16.0 Å². The molecule has 1 aromatic heterocycles. The van der Waals surface area contributed by atoms with Crippen molar-refractivity contribution in [3.63, 3.8) is 0 Å². The van der Waals surface area contributed by atoms with Gasteiger partial charge < -0.3 is 16.0 Å². The van der Waals surface area contributed by atoms with Crippen LogP contribution in [-0.4, -0.2) is 16.2 Å². The summed E-state index contributed by atoms with van der Waals surface area (Å²) in [4.78, 5) is 3.87. The SMILES string of the molecule is CC(N)CCCc1nc(N)no1. The molecule has 1 unspecified atom stereocenters. The van der Waals surface area contributed by atoms with Crippen molar-refractivity contribution in [2.24, 2.45) is 5.73 Å². The van der Waals surface area contributed by atoms with Crippen molar-refractivity contribution in [1.29, 1.82) is 0 Å². The molecular formula is C7H14N4O. The lowest BCUT2D eigenvalue weighted by molar-refractivity contribution is 0.373. The Morgan fingerprint density at radius 2 is 2.33 bits per heavy atom. The minimum atomic E-state index is 0.200. The van der Waals surface area contributed by atoms with Crippen molar-refractivity contribution in [3.8, 4) is 0 Å². The second kappa shape index (κ2) is 4.06. The molecule has 1 rings (SSSR count). The van der Waals surface area contributed by atoms with Gasteiger partial charge in [-0.3, -0.25) is 0 Å². The molecule has 0 saturated carbocycles. The number of hydrogen-bond donors (Lipinski definition) is 2. The largest absolute Gasteiger partial charge is 0.365 e. The van der Waals surface area contributed by atoms with E-state index in [1.54, 1.807) is 0 Å². The van der Waals surface area contributed by atoms with Gasteiger partial charge in [0.25, 0.3) is 5.95 Å². The second-order valence-electron chi connectivity index (χ2n) is 2.92. The van der Waals surface area contributed by atoms with Gasteiger partial charge in [-0.1, -0.05) is 0 Å². The van der Waals surface area contributed by atoms with E-state index in [-0.39, 0.29) is 12.0 Å². The summed E-state index contributed by atoms with van der Waals surface area (Å²) in [7, 11) is 0. The van der Waals surface area contributed by atoms with E-state index in [9.17, 15) is 0 Å². The highest BCUT2D eigenvalue weighted by Crippen LogP contribution is 2.04. The Hall–Kier alpha value is -1.10. The molecule has 5 nitrogen and oxygen atoms in total. The third-order valence-corrected chi connectivity index (χ3v) is 1.53. The average Bonchev–Trinajstić information content (AvgIpc) is 2.35. The molecule has 0 bridgehead atoms. The van der Waals surface area contributed by atoms with Crippen LogP contribution in [0.15, 0.2) is 4.52 Å². The summed E-state index contributed by atoms with van der Waals surface area (Å²) in [6, 6.07) is 0.227. The first-order valence-corrected chi connectivity index (χ1v) is 4.02. The van der Waals surface area contributed by atoms with Gasteiger partial charge in [-0.2, -0.15) is 4.98 Å². The van der Waals surface area contributed by atoms with Crippen molar-refractivity contribution >= 4 is 5.95 Å². The van der Waals surface area contributed by atoms with Crippen molar-refractivity contribution in [3.05, 3.63) is 5.89 Å². The second-order valence-corrected chi connectivity index (χ2v) is 2.92. The van der Waals surface area contributed by atoms with Crippen molar-refractivity contribution < 1.29 is 4.52 Å². The Morgan fingerprint density at radius 3 is 2.83 bits per heavy atom. The summed E-state index contributed by atoms with van der Waals surface area (Å²) >= 11 is 0. The van der Waals surface area contributed by atoms with Gasteiger partial charge in [-0.15, -0.1) is 0 Å². The standard InChI is InChI=1S/C7H14N4O/c1-5(8)3-2-4-6-10-7(9)11-12-6/h5H,2-4,8H2,1H3,(H2,9,11). The summed E-state index contributed by atoms with van der Waals surface area (Å²) in [6.45, 7) is 1.97. The molecule has 0 aliphatic rings. The molecular weight excluding hydrogens is 156 g/mol. The van der Waals surface area contributed by atoms with Gasteiger partial charge in [-0.25, -0.2) is 0 Å². The first-order chi connectivity index (χ1) is 5.68. The fourth-order valence-electron chi connectivity index (χ4n) is 0.945. The van der Waals surface area contributed by atoms with Crippen LogP contribution in [0.5, 0.6) is 0 Å². The highest BCUT2D eigenvalue weighted by molar-refractivity contribution is 5.10. The van der Waals surface area contributed by atoms with Crippen LogP contribution < -0.4 is 11.5 Å². The number of nitrogen functional groups attached to an aromatic ring is 1. The predicted molar refractivity (Wildman–Crippen MR) is 45.3 cm³/mol. The molecule has 5 heteroatoms. The van der Waals surface area contributed by atoms with Crippen molar-refractivity contribution in [2.75, 3.05) is 5.73 Å². The van der Waals surface area contributed by atoms with Crippen LogP contribution in [-0.2, 0) is 6.42 Å². The average molecular weight is 170 g/mol. The molecule has 0 fully saturated rings. The van der Waals surface area contributed by atoms with E-state index < -0.39 is 0 Å². The normalized spacial score (nSPS) is 13.2. The van der Waals surface area contributed by atoms with Gasteiger partial charge in [0.1, 0.15) is 0 Å². The number of nitrogens with zero attached hydrogens (tertiary/aromatic N) is 2. The molecule has 0 aliphatic heterocycles. The molecule has 68 valence electrons. The molecule has 0 amide bonds. The Bertz CT molecular complexity index is 233. The lowest BCUT2D eigenvalue weighted by atomic mass is 10.1. The van der Waals surface area contributed by atoms with Gasteiger partial charge in [0.05, 0.1) is 0 Å². The molecule has 0 radical (unpaired) electrons. The molecule has 0 aliphatic carbocycles. The topological polar surface area (TPSA) is 91.0 Å². The minimum Gasteiger partial charge on any atom is -0.365 e. The fraction of sp³-hybridized carbons (Fsp3) is 0.714. The molecule has 0 saturated heterocycles. The monoisotopic (exact) mass is 170 g/mol. The summed E-state index contributed by atoms with van der Waals surface area (Å²) in [6.07, 6.45) is 2.67. The molecule has 12 heavy (non-hydrogen) atoms. The van der Waals surface area contributed by atoms with Crippen LogP contribution in [0.3, 0.4) is 0 Å². The molecule has 1 aromatic rings. The van der Waals surface area contributed by atoms with E-state index in [1.165, 1.54) is 0 Å². The van der Waals surface area contributed by atoms with E-state index in [0.717, 1.165) is 19.3 Å². The maximum atomic E-state index is 5.57. The van der Waals surface area contributed by atoms with E-state index >= 15 is 0 Å². The zero-order valence-electron chi connectivity index (χ0n) is 7.16. The predicted octanol–water partition coefficient (Wildman–Crippen LogP) is 0.322. The van der Waals surface area contributed by atoms with Gasteiger partial charge in [-0.05, 0) is 24.9 Å². The number of nitrogens with two attached hydrogens (primary N) is 2. The Morgan fingerprint density at radius 1 is 1.58 bits per heavy atom. The lowest BCUT2D eigenvalue weighted by Crippen LogP contribution is -2.14. The smallest absolute Gasteiger partial charge is 0.260 e. The van der Waals surface area contributed by atoms with Crippen LogP contribution in [0.4, 0.5) is 5.95 Å². The van der Waals surface area contributed by atoms with Gasteiger partial charge in [0.15, 0.2) is 0 Å². The summed E-state index contributed by atoms with van der Waals surface area (Å²) in [5.41, 5.74) is 10.8. The van der Waals surface area contributed by atoms with Crippen LogP contribution in [0.1, 0.15) is 25.7 Å². The molecule has 0 spiro atoms. The quantitative estimate of drug-likeness (QED) is 0.679. The van der Waals surface area contributed by atoms with Crippen LogP contribution in [0, 0.1) is 0 Å². The van der Waals surface area contributed by atoms with Gasteiger partial charge in [0, 0.05) is 12.5 Å². The summed E-state index contributed by atoms with van der Waals surface area (Å²) in [5, 5.41) is 3.47. The number of hydrogen-bond acceptors (Lipinski definition) is 5. The number of aromatic nitrogens is 2. The van der Waals surface area contributed by atoms with E-state index in [1.807, 2.05) is 6.92 Å². The third-order valence-electron chi connectivity index (χ3n) is 1.53. The zero-order valence-corrected chi connectivity index (χ0v) is 7.16. The molecule has 0 aromatic carbocycles. The lowest BCUT2D eigenvalue weighted by Gasteiger charge is -2.00. The highest BCUT2D eigenvalue weighted by atomic mass is 16.5. The van der Waals surface area contributed by atoms with E-state index in [0.29, 0.717) is 5.89 Å². The Kier molecular flexibility index (Phi) is 3.04. The Labute approximate surface area is 71.1 Å². The first kappa shape index (κ1) is 8.99. The van der Waals surface area contributed by atoms with Gasteiger partial charge >= 0.3 is 0 Å². The van der Waals surface area contributed by atoms with Crippen molar-refractivity contribution in [2.45, 2.75) is 32.2 Å². The maximum absolute atomic E-state index is 5.57. The molecule has 1 heterocycles. The Balaban J connectivity index is 2.24. The van der Waals surface area contributed by atoms with Crippen LogP contribution in [0.2, 0.25) is 0 Å². The van der Waals surface area contributed by atoms with Crippen molar-refractivity contribution in [1.82, 2.24) is 10.1 Å². The van der Waals surface area contributed by atoms with E-state index in [2.05, 4.69) is 10.1 Å². The summed E-state index contributed by atoms with van der Waals surface area (Å²) in [5.74, 6) is 0.791. The number of aryl methyl sites for hydroxylation is 1. The minimum absolute atomic E-state index is 0.200. The third kappa shape index (κ3) is 2.87.